The topological polar surface area (TPSA) is 92.4 Å². The van der Waals surface area contributed by atoms with Crippen LogP contribution in [0.25, 0.3) is 0 Å². The van der Waals surface area contributed by atoms with Gasteiger partial charge < -0.3 is 25.8 Å². The first kappa shape index (κ1) is 15.9. The van der Waals surface area contributed by atoms with Crippen molar-refractivity contribution in [3.63, 3.8) is 0 Å². The summed E-state index contributed by atoms with van der Waals surface area (Å²) in [5.41, 5.74) is 6.80. The smallest absolute Gasteiger partial charge is 0.316 e. The second kappa shape index (κ2) is 6.83. The van der Waals surface area contributed by atoms with Gasteiger partial charge in [-0.05, 0) is 19.9 Å². The highest BCUT2D eigenvalue weighted by Gasteiger charge is 2.14. The van der Waals surface area contributed by atoms with Crippen LogP contribution in [0.4, 0.5) is 10.5 Å². The van der Waals surface area contributed by atoms with E-state index in [9.17, 15) is 9.59 Å². The van der Waals surface area contributed by atoms with Crippen molar-refractivity contribution < 1.29 is 9.59 Å². The average Bonchev–Trinajstić information content (AvgIpc) is 2.76. The number of nitrogens with zero attached hydrogens (tertiary/aromatic N) is 2. The summed E-state index contributed by atoms with van der Waals surface area (Å²) in [5.74, 6) is -0.200. The number of carbonyl (C=O) groups excluding carboxylic acids is 2. The molecule has 0 aliphatic carbocycles. The number of aromatic nitrogens is 1. The van der Waals surface area contributed by atoms with Crippen LogP contribution < -0.4 is 16.4 Å². The molecule has 0 aromatic carbocycles. The highest BCUT2D eigenvalue weighted by molar-refractivity contribution is 5.93. The number of rotatable bonds is 5. The average molecular weight is 281 g/mol. The van der Waals surface area contributed by atoms with Crippen molar-refractivity contribution in [3.05, 3.63) is 18.0 Å². The maximum atomic E-state index is 12.1. The molecule has 1 rings (SSSR count). The van der Waals surface area contributed by atoms with E-state index in [2.05, 4.69) is 10.6 Å². The molecule has 0 saturated heterocycles. The fourth-order valence-electron chi connectivity index (χ4n) is 1.70. The molecule has 0 saturated carbocycles. The van der Waals surface area contributed by atoms with Crippen LogP contribution in [0.3, 0.4) is 0 Å². The third kappa shape index (κ3) is 4.18. The Morgan fingerprint density at radius 3 is 2.45 bits per heavy atom. The molecule has 0 bridgehead atoms. The standard InChI is InChI=1S/C13H23N5O2/c1-9(2)18-8-10(14)7-11(18)12(19)15-5-6-16-13(20)17(3)4/h7-9H,5-6,14H2,1-4H3,(H,15,19)(H,16,20). The summed E-state index contributed by atoms with van der Waals surface area (Å²) in [4.78, 5) is 24.8. The summed E-state index contributed by atoms with van der Waals surface area (Å²) in [6, 6.07) is 1.61. The second-order valence-corrected chi connectivity index (χ2v) is 5.04. The van der Waals surface area contributed by atoms with Gasteiger partial charge in [0.25, 0.3) is 5.91 Å². The normalized spacial score (nSPS) is 10.4. The van der Waals surface area contributed by atoms with Gasteiger partial charge in [0.15, 0.2) is 0 Å². The van der Waals surface area contributed by atoms with Crippen molar-refractivity contribution in [3.8, 4) is 0 Å². The van der Waals surface area contributed by atoms with Gasteiger partial charge in [-0.3, -0.25) is 4.79 Å². The second-order valence-electron chi connectivity index (χ2n) is 5.04. The Bertz CT molecular complexity index is 479. The lowest BCUT2D eigenvalue weighted by atomic mass is 10.3. The Balaban J connectivity index is 2.49. The number of carbonyl (C=O) groups is 2. The van der Waals surface area contributed by atoms with E-state index in [0.29, 0.717) is 24.5 Å². The van der Waals surface area contributed by atoms with Crippen molar-refractivity contribution in [2.45, 2.75) is 19.9 Å². The van der Waals surface area contributed by atoms with E-state index in [-0.39, 0.29) is 18.0 Å². The van der Waals surface area contributed by atoms with Gasteiger partial charge in [0.05, 0.1) is 5.69 Å². The fourth-order valence-corrected chi connectivity index (χ4v) is 1.70. The molecule has 20 heavy (non-hydrogen) atoms. The molecule has 3 amide bonds. The summed E-state index contributed by atoms with van der Waals surface area (Å²) < 4.78 is 1.82. The monoisotopic (exact) mass is 281 g/mol. The number of hydrogen-bond donors (Lipinski definition) is 3. The van der Waals surface area contributed by atoms with E-state index in [4.69, 9.17) is 5.73 Å². The van der Waals surface area contributed by atoms with Crippen LogP contribution in [0.1, 0.15) is 30.4 Å². The molecular formula is C13H23N5O2. The van der Waals surface area contributed by atoms with Crippen molar-refractivity contribution in [2.24, 2.45) is 0 Å². The van der Waals surface area contributed by atoms with E-state index >= 15 is 0 Å². The zero-order valence-electron chi connectivity index (χ0n) is 12.4. The van der Waals surface area contributed by atoms with Crippen LogP contribution in [0.5, 0.6) is 0 Å². The molecule has 0 aliphatic heterocycles. The molecular weight excluding hydrogens is 258 g/mol. The molecule has 0 spiro atoms. The molecule has 0 fully saturated rings. The van der Waals surface area contributed by atoms with Gasteiger partial charge >= 0.3 is 6.03 Å². The first-order valence-electron chi connectivity index (χ1n) is 6.53. The predicted octanol–water partition coefficient (Wildman–Crippen LogP) is 0.652. The van der Waals surface area contributed by atoms with Crippen molar-refractivity contribution in [1.82, 2.24) is 20.1 Å². The Labute approximate surface area is 119 Å². The van der Waals surface area contributed by atoms with Crippen molar-refractivity contribution >= 4 is 17.6 Å². The molecule has 112 valence electrons. The maximum absolute atomic E-state index is 12.1. The summed E-state index contributed by atoms with van der Waals surface area (Å²) in [5, 5.41) is 5.43. The van der Waals surface area contributed by atoms with Crippen molar-refractivity contribution in [1.29, 1.82) is 0 Å². The molecule has 7 nitrogen and oxygen atoms in total. The number of anilines is 1. The van der Waals surface area contributed by atoms with Crippen LogP contribution in [0.15, 0.2) is 12.3 Å². The Hall–Kier alpha value is -2.18. The van der Waals surface area contributed by atoms with Crippen LogP contribution in [0, 0.1) is 0 Å². The summed E-state index contributed by atoms with van der Waals surface area (Å²) in [6.45, 7) is 4.70. The summed E-state index contributed by atoms with van der Waals surface area (Å²) in [6.07, 6.45) is 1.74. The van der Waals surface area contributed by atoms with Gasteiger partial charge in [0.2, 0.25) is 0 Å². The van der Waals surface area contributed by atoms with E-state index < -0.39 is 0 Å². The molecule has 7 heteroatoms. The van der Waals surface area contributed by atoms with Gasteiger partial charge in [-0.2, -0.15) is 0 Å². The molecule has 1 aromatic heterocycles. The lowest BCUT2D eigenvalue weighted by Crippen LogP contribution is -2.40. The number of nitrogens with one attached hydrogen (secondary N) is 2. The lowest BCUT2D eigenvalue weighted by molar-refractivity contribution is 0.0943. The molecule has 4 N–H and O–H groups in total. The summed E-state index contributed by atoms with van der Waals surface area (Å²) in [7, 11) is 3.32. The third-order valence-corrected chi connectivity index (χ3v) is 2.75. The molecule has 1 heterocycles. The van der Waals surface area contributed by atoms with Crippen LogP contribution in [-0.2, 0) is 0 Å². The number of urea groups is 1. The van der Waals surface area contributed by atoms with Crippen LogP contribution >= 0.6 is 0 Å². The lowest BCUT2D eigenvalue weighted by Gasteiger charge is -2.14. The Kier molecular flexibility index (Phi) is 5.42. The first-order chi connectivity index (χ1) is 9.32. The number of nitrogens with two attached hydrogens (primary N) is 1. The molecule has 0 atom stereocenters. The molecule has 0 radical (unpaired) electrons. The van der Waals surface area contributed by atoms with Crippen molar-refractivity contribution in [2.75, 3.05) is 32.9 Å². The predicted molar refractivity (Wildman–Crippen MR) is 78.6 cm³/mol. The minimum absolute atomic E-state index is 0.154. The largest absolute Gasteiger partial charge is 0.397 e. The third-order valence-electron chi connectivity index (χ3n) is 2.75. The van der Waals surface area contributed by atoms with Gasteiger partial charge in [-0.1, -0.05) is 0 Å². The fraction of sp³-hybridized carbons (Fsp3) is 0.538. The minimum Gasteiger partial charge on any atom is -0.397 e. The Morgan fingerprint density at radius 2 is 1.90 bits per heavy atom. The SMILES string of the molecule is CC(C)n1cc(N)cc1C(=O)NCCNC(=O)N(C)C. The van der Waals surface area contributed by atoms with E-state index in [1.807, 2.05) is 18.4 Å². The number of nitrogen functional groups attached to an aromatic ring is 1. The quantitative estimate of drug-likeness (QED) is 0.692. The van der Waals surface area contributed by atoms with Gasteiger partial charge in [-0.15, -0.1) is 0 Å². The molecule has 0 unspecified atom stereocenters. The van der Waals surface area contributed by atoms with E-state index in [1.54, 1.807) is 26.4 Å². The summed E-state index contributed by atoms with van der Waals surface area (Å²) >= 11 is 0. The highest BCUT2D eigenvalue weighted by Crippen LogP contribution is 2.16. The zero-order valence-corrected chi connectivity index (χ0v) is 12.4. The van der Waals surface area contributed by atoms with Crippen LogP contribution in [0.2, 0.25) is 0 Å². The maximum Gasteiger partial charge on any atom is 0.316 e. The highest BCUT2D eigenvalue weighted by atomic mass is 16.2. The van der Waals surface area contributed by atoms with Gasteiger partial charge in [0, 0.05) is 39.4 Å². The minimum atomic E-state index is -0.200. The van der Waals surface area contributed by atoms with Gasteiger partial charge in [0.1, 0.15) is 5.69 Å². The van der Waals surface area contributed by atoms with E-state index in [0.717, 1.165) is 0 Å². The molecule has 1 aromatic rings. The first-order valence-corrected chi connectivity index (χ1v) is 6.53. The van der Waals surface area contributed by atoms with Crippen LogP contribution in [-0.4, -0.2) is 48.6 Å². The number of hydrogen-bond acceptors (Lipinski definition) is 3. The van der Waals surface area contributed by atoms with E-state index in [1.165, 1.54) is 4.90 Å². The molecule has 0 aliphatic rings. The Morgan fingerprint density at radius 1 is 1.30 bits per heavy atom. The zero-order chi connectivity index (χ0) is 15.3. The van der Waals surface area contributed by atoms with Gasteiger partial charge in [-0.25, -0.2) is 4.79 Å². The number of amides is 3.